The van der Waals surface area contributed by atoms with Gasteiger partial charge in [0.2, 0.25) is 0 Å². The van der Waals surface area contributed by atoms with E-state index in [1.54, 1.807) is 0 Å². The predicted molar refractivity (Wildman–Crippen MR) is 76.7 cm³/mol. The number of alkyl halides is 1. The summed E-state index contributed by atoms with van der Waals surface area (Å²) in [5.41, 5.74) is 4.84. The van der Waals surface area contributed by atoms with Gasteiger partial charge in [-0.15, -0.1) is 0 Å². The maximum atomic E-state index is 14.0. The fraction of sp³-hybridized carbons (Fsp3) is 1.00. The van der Waals surface area contributed by atoms with Gasteiger partial charge in [-0.05, 0) is 24.7 Å². The first-order valence-corrected chi connectivity index (χ1v) is 9.23. The number of hydrogen-bond acceptors (Lipinski definition) is 5. The van der Waals surface area contributed by atoms with Gasteiger partial charge in [0.1, 0.15) is 18.3 Å². The predicted octanol–water partition coefficient (Wildman–Crippen LogP) is 0.716. The molecule has 0 bridgehead atoms. The van der Waals surface area contributed by atoms with Gasteiger partial charge in [0.15, 0.2) is 6.17 Å². The Morgan fingerprint density at radius 2 is 2.00 bits per heavy atom. The van der Waals surface area contributed by atoms with Gasteiger partial charge in [-0.2, -0.15) is 0 Å². The van der Waals surface area contributed by atoms with Crippen molar-refractivity contribution in [3.05, 3.63) is 0 Å². The summed E-state index contributed by atoms with van der Waals surface area (Å²) in [6.45, 7) is 1.61. The molecule has 130 valence electrons. The van der Waals surface area contributed by atoms with Gasteiger partial charge < -0.3 is 19.8 Å². The number of ether oxygens (including phenoxy) is 1. The highest BCUT2D eigenvalue weighted by molar-refractivity contribution is 7.50. The Morgan fingerprint density at radius 3 is 2.55 bits per heavy atom. The summed E-state index contributed by atoms with van der Waals surface area (Å²) >= 11 is 0. The average molecular weight is 341 g/mol. The van der Waals surface area contributed by atoms with Gasteiger partial charge in [-0.3, -0.25) is 4.52 Å². The lowest BCUT2D eigenvalue weighted by atomic mass is 9.89. The average Bonchev–Trinajstić information content (AvgIpc) is 2.82. The largest absolute Gasteiger partial charge is 0.400 e. The monoisotopic (exact) mass is 341 g/mol. The zero-order valence-electron chi connectivity index (χ0n) is 12.5. The van der Waals surface area contributed by atoms with Crippen molar-refractivity contribution in [2.75, 3.05) is 6.61 Å². The SMILES string of the molecule is CC1CCC(CC2OC(COP(N)(=O)O)C(F)[C@H](O)[C@@H]2O)C1. The summed E-state index contributed by atoms with van der Waals surface area (Å²) in [5, 5.41) is 19.8. The number of halogens is 1. The lowest BCUT2D eigenvalue weighted by molar-refractivity contribution is -0.213. The van der Waals surface area contributed by atoms with Crippen LogP contribution in [0, 0.1) is 11.8 Å². The van der Waals surface area contributed by atoms with Gasteiger partial charge in [-0.1, -0.05) is 19.8 Å². The van der Waals surface area contributed by atoms with Crippen LogP contribution in [-0.4, -0.2) is 52.3 Å². The second-order valence-corrected chi connectivity index (χ2v) is 7.90. The van der Waals surface area contributed by atoms with Crippen LogP contribution in [0.2, 0.25) is 0 Å². The van der Waals surface area contributed by atoms with Crippen molar-refractivity contribution in [3.63, 3.8) is 0 Å². The van der Waals surface area contributed by atoms with E-state index < -0.39 is 44.9 Å². The fourth-order valence-electron chi connectivity index (χ4n) is 3.38. The molecule has 2 aliphatic rings. The third-order valence-electron chi connectivity index (χ3n) is 4.55. The summed E-state index contributed by atoms with van der Waals surface area (Å²) in [6, 6.07) is 0. The van der Waals surface area contributed by atoms with Gasteiger partial charge in [0.25, 0.3) is 0 Å². The van der Waals surface area contributed by atoms with Crippen LogP contribution in [0.3, 0.4) is 0 Å². The van der Waals surface area contributed by atoms with Crippen LogP contribution in [0.4, 0.5) is 4.39 Å². The second-order valence-electron chi connectivity index (χ2n) is 6.52. The maximum Gasteiger partial charge on any atom is 0.400 e. The van der Waals surface area contributed by atoms with E-state index in [9.17, 15) is 19.2 Å². The molecular weight excluding hydrogens is 316 g/mol. The Labute approximate surface area is 129 Å². The first-order valence-electron chi connectivity index (χ1n) is 7.59. The molecule has 6 unspecified atom stereocenters. The van der Waals surface area contributed by atoms with Gasteiger partial charge in [0.05, 0.1) is 12.7 Å². The number of nitrogens with two attached hydrogens (primary N) is 1. The minimum Gasteiger partial charge on any atom is -0.388 e. The maximum absolute atomic E-state index is 14.0. The van der Waals surface area contributed by atoms with E-state index in [-0.39, 0.29) is 0 Å². The Hall–Kier alpha value is -0.0800. The standard InChI is InChI=1S/C13H25FNO6P/c1-7-2-3-8(4-7)5-9-12(16)13(17)11(14)10(21-9)6-20-22(15,18)19/h7-13,16-17H,2-6H2,1H3,(H3,15,18,19)/t7?,8?,9?,10?,11?,12-,13+/m1/s1. The Kier molecular flexibility index (Phi) is 5.99. The van der Waals surface area contributed by atoms with Crippen LogP contribution in [0.25, 0.3) is 0 Å². The molecule has 0 radical (unpaired) electrons. The molecule has 0 amide bonds. The molecule has 2 rings (SSSR count). The minimum absolute atomic E-state index is 0.359. The number of aliphatic hydroxyl groups is 2. The molecule has 2 fully saturated rings. The molecule has 5 N–H and O–H groups in total. The summed E-state index contributed by atoms with van der Waals surface area (Å²) in [6.07, 6.45) is -3.13. The van der Waals surface area contributed by atoms with Gasteiger partial charge in [0, 0.05) is 0 Å². The lowest BCUT2D eigenvalue weighted by Gasteiger charge is -2.40. The van der Waals surface area contributed by atoms with Crippen molar-refractivity contribution in [2.45, 2.75) is 63.2 Å². The highest BCUT2D eigenvalue weighted by Gasteiger charge is 2.46. The summed E-state index contributed by atoms with van der Waals surface area (Å²) in [5.74, 6) is 0.972. The highest BCUT2D eigenvalue weighted by atomic mass is 31.2. The molecule has 0 aromatic rings. The number of hydrogen-bond donors (Lipinski definition) is 4. The first-order chi connectivity index (χ1) is 10.2. The summed E-state index contributed by atoms with van der Waals surface area (Å²) in [7, 11) is -4.24. The van der Waals surface area contributed by atoms with Crippen LogP contribution < -0.4 is 5.50 Å². The zero-order valence-corrected chi connectivity index (χ0v) is 13.4. The van der Waals surface area contributed by atoms with Crippen LogP contribution in [-0.2, 0) is 13.8 Å². The Morgan fingerprint density at radius 1 is 1.32 bits per heavy atom. The summed E-state index contributed by atoms with van der Waals surface area (Å²) < 4.78 is 34.9. The van der Waals surface area contributed by atoms with E-state index in [1.807, 2.05) is 0 Å². The Bertz CT molecular complexity index is 421. The van der Waals surface area contributed by atoms with Crippen molar-refractivity contribution in [3.8, 4) is 0 Å². The zero-order chi connectivity index (χ0) is 16.5. The third kappa shape index (κ3) is 4.71. The Balaban J connectivity index is 1.96. The first kappa shape index (κ1) is 18.3. The van der Waals surface area contributed by atoms with Crippen LogP contribution in [0.5, 0.6) is 0 Å². The van der Waals surface area contributed by atoms with Crippen molar-refractivity contribution >= 4 is 7.75 Å². The van der Waals surface area contributed by atoms with E-state index in [1.165, 1.54) is 0 Å². The topological polar surface area (TPSA) is 122 Å². The minimum atomic E-state index is -4.24. The fourth-order valence-corrected chi connectivity index (χ4v) is 3.74. The van der Waals surface area contributed by atoms with Crippen LogP contribution in [0.15, 0.2) is 0 Å². The van der Waals surface area contributed by atoms with Crippen molar-refractivity contribution < 1.29 is 33.3 Å². The number of aliphatic hydroxyl groups excluding tert-OH is 2. The molecule has 22 heavy (non-hydrogen) atoms. The second kappa shape index (κ2) is 7.21. The van der Waals surface area contributed by atoms with E-state index >= 15 is 0 Å². The van der Waals surface area contributed by atoms with E-state index in [0.29, 0.717) is 18.3 Å². The van der Waals surface area contributed by atoms with E-state index in [2.05, 4.69) is 11.4 Å². The molecule has 1 aliphatic carbocycles. The molecule has 1 heterocycles. The molecular formula is C13H25FNO6P. The molecule has 7 nitrogen and oxygen atoms in total. The number of rotatable bonds is 5. The molecule has 0 aromatic heterocycles. The normalized spacial score (nSPS) is 45.6. The van der Waals surface area contributed by atoms with Gasteiger partial charge in [-0.25, -0.2) is 14.5 Å². The van der Waals surface area contributed by atoms with Crippen LogP contribution >= 0.6 is 7.75 Å². The van der Waals surface area contributed by atoms with Gasteiger partial charge >= 0.3 is 7.75 Å². The molecule has 0 spiro atoms. The molecule has 8 atom stereocenters. The third-order valence-corrected chi connectivity index (χ3v) is 5.07. The lowest BCUT2D eigenvalue weighted by Crippen LogP contribution is -2.57. The molecule has 1 aliphatic heterocycles. The van der Waals surface area contributed by atoms with Crippen LogP contribution in [0.1, 0.15) is 32.6 Å². The van der Waals surface area contributed by atoms with Crippen molar-refractivity contribution in [1.29, 1.82) is 0 Å². The van der Waals surface area contributed by atoms with E-state index in [4.69, 9.17) is 15.1 Å². The smallest absolute Gasteiger partial charge is 0.388 e. The van der Waals surface area contributed by atoms with Crippen molar-refractivity contribution in [1.82, 2.24) is 0 Å². The highest BCUT2D eigenvalue weighted by Crippen LogP contribution is 2.38. The molecule has 1 saturated heterocycles. The molecule has 1 saturated carbocycles. The molecule has 9 heteroatoms. The quantitative estimate of drug-likeness (QED) is 0.543. The molecule has 0 aromatic carbocycles. The van der Waals surface area contributed by atoms with Crippen molar-refractivity contribution in [2.24, 2.45) is 17.3 Å². The van der Waals surface area contributed by atoms with E-state index in [0.717, 1.165) is 19.3 Å². The summed E-state index contributed by atoms with van der Waals surface area (Å²) in [4.78, 5) is 8.90.